The van der Waals surface area contributed by atoms with Crippen LogP contribution in [-0.4, -0.2) is 29.0 Å². The molecule has 0 aliphatic carbocycles. The minimum atomic E-state index is -0.0446. The Balaban J connectivity index is 1.57. The van der Waals surface area contributed by atoms with Crippen molar-refractivity contribution in [3.05, 3.63) is 40.7 Å². The van der Waals surface area contributed by atoms with Crippen LogP contribution in [0.1, 0.15) is 34.9 Å². The van der Waals surface area contributed by atoms with Gasteiger partial charge in [0.2, 0.25) is 5.91 Å². The van der Waals surface area contributed by atoms with Gasteiger partial charge in [-0.05, 0) is 50.4 Å². The van der Waals surface area contributed by atoms with Gasteiger partial charge < -0.3 is 10.6 Å². The third kappa shape index (κ3) is 3.90. The van der Waals surface area contributed by atoms with Crippen molar-refractivity contribution in [2.45, 2.75) is 32.1 Å². The zero-order valence-electron chi connectivity index (χ0n) is 12.6. The Morgan fingerprint density at radius 2 is 2.14 bits per heavy atom. The topological polar surface area (TPSA) is 66.9 Å². The van der Waals surface area contributed by atoms with Crippen LogP contribution >= 0.6 is 11.3 Å². The van der Waals surface area contributed by atoms with E-state index in [2.05, 4.69) is 20.6 Å². The largest absolute Gasteiger partial charge is 0.317 e. The van der Waals surface area contributed by atoms with E-state index in [-0.39, 0.29) is 5.91 Å². The average molecular weight is 316 g/mol. The summed E-state index contributed by atoms with van der Waals surface area (Å²) in [6.45, 7) is 4.05. The Labute approximate surface area is 134 Å². The summed E-state index contributed by atoms with van der Waals surface area (Å²) in [7, 11) is 0. The van der Waals surface area contributed by atoms with E-state index in [1.54, 1.807) is 17.5 Å². The maximum atomic E-state index is 12.1. The highest BCUT2D eigenvalue weighted by molar-refractivity contribution is 7.15. The molecule has 0 bridgehead atoms. The highest BCUT2D eigenvalue weighted by atomic mass is 32.1. The summed E-state index contributed by atoms with van der Waals surface area (Å²) in [6.07, 6.45) is 6.27. The van der Waals surface area contributed by atoms with Crippen LogP contribution in [0.4, 0.5) is 5.13 Å². The molecule has 1 amide bonds. The smallest absolute Gasteiger partial charge is 0.230 e. The molecule has 2 aromatic rings. The summed E-state index contributed by atoms with van der Waals surface area (Å²) in [5, 5.41) is 6.95. The fourth-order valence-electron chi connectivity index (χ4n) is 2.59. The molecule has 3 rings (SSSR count). The number of thiazole rings is 1. The molecule has 0 spiro atoms. The molecule has 3 heterocycles. The summed E-state index contributed by atoms with van der Waals surface area (Å²) in [6, 6.07) is 3.85. The Hall–Kier alpha value is -1.79. The zero-order chi connectivity index (χ0) is 15.4. The first kappa shape index (κ1) is 15.1. The van der Waals surface area contributed by atoms with Crippen molar-refractivity contribution in [1.29, 1.82) is 0 Å². The van der Waals surface area contributed by atoms with Crippen molar-refractivity contribution in [2.75, 3.05) is 18.4 Å². The Bertz CT molecular complexity index is 632. The third-order valence-corrected chi connectivity index (χ3v) is 4.92. The lowest BCUT2D eigenvalue weighted by Gasteiger charge is -2.20. The lowest BCUT2D eigenvalue weighted by Crippen LogP contribution is -2.26. The minimum absolute atomic E-state index is 0.0446. The number of hydrogen-bond donors (Lipinski definition) is 2. The van der Waals surface area contributed by atoms with Crippen LogP contribution in [-0.2, 0) is 11.2 Å². The van der Waals surface area contributed by atoms with Gasteiger partial charge in [-0.2, -0.15) is 0 Å². The van der Waals surface area contributed by atoms with Gasteiger partial charge in [0, 0.05) is 23.0 Å². The van der Waals surface area contributed by atoms with Crippen LogP contribution in [0.5, 0.6) is 0 Å². The second-order valence-electron chi connectivity index (χ2n) is 5.62. The lowest BCUT2D eigenvalue weighted by molar-refractivity contribution is -0.115. The molecule has 0 unspecified atom stereocenters. The first-order valence-corrected chi connectivity index (χ1v) is 8.40. The van der Waals surface area contributed by atoms with Crippen LogP contribution < -0.4 is 10.6 Å². The number of hydrogen-bond acceptors (Lipinski definition) is 5. The Morgan fingerprint density at radius 3 is 2.86 bits per heavy atom. The molecule has 1 saturated heterocycles. The van der Waals surface area contributed by atoms with E-state index < -0.39 is 0 Å². The molecule has 2 N–H and O–H groups in total. The van der Waals surface area contributed by atoms with Crippen LogP contribution in [0.25, 0.3) is 0 Å². The van der Waals surface area contributed by atoms with Crippen LogP contribution in [0.3, 0.4) is 0 Å². The average Bonchev–Trinajstić information content (AvgIpc) is 2.99. The molecule has 5 nitrogen and oxygen atoms in total. The first-order valence-electron chi connectivity index (χ1n) is 7.58. The maximum absolute atomic E-state index is 12.1. The monoisotopic (exact) mass is 316 g/mol. The molecular formula is C16H20N4OS. The van der Waals surface area contributed by atoms with Crippen LogP contribution in [0.15, 0.2) is 24.5 Å². The van der Waals surface area contributed by atoms with Gasteiger partial charge in [0.15, 0.2) is 5.13 Å². The number of nitrogens with one attached hydrogen (secondary N) is 2. The second kappa shape index (κ2) is 6.98. The van der Waals surface area contributed by atoms with E-state index in [1.165, 1.54) is 4.88 Å². The van der Waals surface area contributed by atoms with Crippen LogP contribution in [0, 0.1) is 6.92 Å². The molecule has 22 heavy (non-hydrogen) atoms. The van der Waals surface area contributed by atoms with E-state index >= 15 is 0 Å². The zero-order valence-corrected chi connectivity index (χ0v) is 13.4. The van der Waals surface area contributed by atoms with Crippen molar-refractivity contribution < 1.29 is 4.79 Å². The van der Waals surface area contributed by atoms with Gasteiger partial charge in [-0.15, -0.1) is 11.3 Å². The fourth-order valence-corrected chi connectivity index (χ4v) is 3.59. The fraction of sp³-hybridized carbons (Fsp3) is 0.438. The molecule has 1 aliphatic heterocycles. The molecule has 0 saturated carbocycles. The second-order valence-corrected chi connectivity index (χ2v) is 6.69. The van der Waals surface area contributed by atoms with Crippen molar-refractivity contribution >= 4 is 22.4 Å². The molecular weight excluding hydrogens is 296 g/mol. The predicted molar refractivity (Wildman–Crippen MR) is 88.3 cm³/mol. The first-order chi connectivity index (χ1) is 10.7. The van der Waals surface area contributed by atoms with Crippen molar-refractivity contribution in [2.24, 2.45) is 0 Å². The van der Waals surface area contributed by atoms with Gasteiger partial charge >= 0.3 is 0 Å². The number of anilines is 1. The Kier molecular flexibility index (Phi) is 4.80. The normalized spacial score (nSPS) is 15.7. The van der Waals surface area contributed by atoms with Gasteiger partial charge in [-0.25, -0.2) is 4.98 Å². The predicted octanol–water partition coefficient (Wildman–Crippen LogP) is 2.49. The third-order valence-electron chi connectivity index (χ3n) is 3.85. The number of nitrogens with zero attached hydrogens (tertiary/aromatic N) is 2. The summed E-state index contributed by atoms with van der Waals surface area (Å²) < 4.78 is 0. The van der Waals surface area contributed by atoms with Crippen molar-refractivity contribution in [3.8, 4) is 0 Å². The van der Waals surface area contributed by atoms with Crippen molar-refractivity contribution in [1.82, 2.24) is 15.3 Å². The standard InChI is InChI=1S/C16H20N4OS/c1-11-2-3-12(9-18-11)8-15(21)20-16-19-10-14(22-16)13-4-6-17-7-5-13/h2-3,9-10,13,17H,4-8H2,1H3,(H,19,20,21). The maximum Gasteiger partial charge on any atom is 0.230 e. The molecule has 0 aromatic carbocycles. The van der Waals surface area contributed by atoms with Gasteiger partial charge in [0.05, 0.1) is 6.42 Å². The number of aryl methyl sites for hydroxylation is 1. The highest BCUT2D eigenvalue weighted by Crippen LogP contribution is 2.31. The van der Waals surface area contributed by atoms with E-state index in [0.717, 1.165) is 37.2 Å². The summed E-state index contributed by atoms with van der Waals surface area (Å²) >= 11 is 1.59. The molecule has 0 radical (unpaired) electrons. The molecule has 1 aliphatic rings. The summed E-state index contributed by atoms with van der Waals surface area (Å²) in [4.78, 5) is 21.9. The van der Waals surface area contributed by atoms with E-state index in [0.29, 0.717) is 17.5 Å². The van der Waals surface area contributed by atoms with Gasteiger partial charge in [0.1, 0.15) is 0 Å². The SMILES string of the molecule is Cc1ccc(CC(=O)Nc2ncc(C3CCNCC3)s2)cn1. The minimum Gasteiger partial charge on any atom is -0.317 e. The van der Waals surface area contributed by atoms with E-state index in [9.17, 15) is 4.79 Å². The van der Waals surface area contributed by atoms with E-state index in [1.807, 2.05) is 25.3 Å². The quantitative estimate of drug-likeness (QED) is 0.909. The van der Waals surface area contributed by atoms with Crippen LogP contribution in [0.2, 0.25) is 0 Å². The molecule has 116 valence electrons. The number of carbonyl (C=O) groups excluding carboxylic acids is 1. The summed E-state index contributed by atoms with van der Waals surface area (Å²) in [5.74, 6) is 0.530. The number of rotatable bonds is 4. The molecule has 0 atom stereocenters. The molecule has 1 fully saturated rings. The molecule has 2 aromatic heterocycles. The van der Waals surface area contributed by atoms with Gasteiger partial charge in [0.25, 0.3) is 0 Å². The van der Waals surface area contributed by atoms with E-state index in [4.69, 9.17) is 0 Å². The van der Waals surface area contributed by atoms with Gasteiger partial charge in [-0.3, -0.25) is 9.78 Å². The molecule has 6 heteroatoms. The Morgan fingerprint density at radius 1 is 1.32 bits per heavy atom. The van der Waals surface area contributed by atoms with Crippen molar-refractivity contribution in [3.63, 3.8) is 0 Å². The number of piperidine rings is 1. The number of pyridine rings is 1. The number of aromatic nitrogens is 2. The number of amides is 1. The number of carbonyl (C=O) groups is 1. The summed E-state index contributed by atoms with van der Waals surface area (Å²) in [5.41, 5.74) is 1.87. The lowest BCUT2D eigenvalue weighted by atomic mass is 9.97. The highest BCUT2D eigenvalue weighted by Gasteiger charge is 2.18. The van der Waals surface area contributed by atoms with Gasteiger partial charge in [-0.1, -0.05) is 6.07 Å².